The largest absolute Gasteiger partial charge is 0.496 e. The lowest BCUT2D eigenvalue weighted by molar-refractivity contribution is 0.0479. The number of amides is 1. The number of benzene rings is 2. The molecule has 1 aliphatic heterocycles. The highest BCUT2D eigenvalue weighted by molar-refractivity contribution is 5.95. The highest BCUT2D eigenvalue weighted by Crippen LogP contribution is 2.39. The fraction of sp³-hybridized carbons (Fsp3) is 0.458. The second-order valence-corrected chi connectivity index (χ2v) is 7.30. The Morgan fingerprint density at radius 3 is 2.40 bits per heavy atom. The molecule has 1 aliphatic rings. The molecular formula is C24H31NO5. The lowest BCUT2D eigenvalue weighted by atomic mass is 9.73. The van der Waals surface area contributed by atoms with Crippen LogP contribution in [0.3, 0.4) is 0 Å². The zero-order valence-corrected chi connectivity index (χ0v) is 18.0. The number of carbonyl (C=O) groups is 1. The summed E-state index contributed by atoms with van der Waals surface area (Å²) >= 11 is 0. The molecule has 0 unspecified atom stereocenters. The van der Waals surface area contributed by atoms with Crippen LogP contribution in [0.4, 0.5) is 0 Å². The Bertz CT molecular complexity index is 845. The molecule has 0 spiro atoms. The first kappa shape index (κ1) is 22.0. The highest BCUT2D eigenvalue weighted by atomic mass is 16.5. The van der Waals surface area contributed by atoms with Gasteiger partial charge in [-0.1, -0.05) is 18.2 Å². The second kappa shape index (κ2) is 10.3. The average Bonchev–Trinajstić information content (AvgIpc) is 2.79. The maximum atomic E-state index is 13.0. The van der Waals surface area contributed by atoms with Crippen molar-refractivity contribution in [2.24, 2.45) is 0 Å². The van der Waals surface area contributed by atoms with Crippen molar-refractivity contribution in [3.8, 4) is 17.2 Å². The number of ether oxygens (including phenoxy) is 4. The summed E-state index contributed by atoms with van der Waals surface area (Å²) in [6.45, 7) is 6.69. The van der Waals surface area contributed by atoms with Crippen molar-refractivity contribution in [2.75, 3.05) is 40.1 Å². The number of methoxy groups -OCH3 is 1. The van der Waals surface area contributed by atoms with Gasteiger partial charge in [-0.2, -0.15) is 0 Å². The smallest absolute Gasteiger partial charge is 0.251 e. The molecule has 2 aromatic rings. The molecular weight excluding hydrogens is 382 g/mol. The standard InChI is InChI=1S/C24H31NO5/c1-4-29-21-11-10-18(16-22(21)30-5-2)23(26)25-17-24(12-14-28-15-13-24)19-8-6-7-9-20(19)27-3/h6-11,16H,4-5,12-15,17H2,1-3H3,(H,25,26). The minimum absolute atomic E-state index is 0.139. The van der Waals surface area contributed by atoms with Crippen LogP contribution >= 0.6 is 0 Å². The van der Waals surface area contributed by atoms with Crippen LogP contribution in [0, 0.1) is 0 Å². The van der Waals surface area contributed by atoms with Gasteiger partial charge >= 0.3 is 0 Å². The predicted octanol–water partition coefficient (Wildman–Crippen LogP) is 3.97. The molecule has 2 aromatic carbocycles. The Kier molecular flexibility index (Phi) is 7.57. The van der Waals surface area contributed by atoms with Crippen molar-refractivity contribution in [3.63, 3.8) is 0 Å². The summed E-state index contributed by atoms with van der Waals surface area (Å²) in [5, 5.41) is 3.13. The third-order valence-electron chi connectivity index (χ3n) is 5.52. The zero-order chi connectivity index (χ0) is 21.4. The molecule has 162 valence electrons. The van der Waals surface area contributed by atoms with Crippen molar-refractivity contribution in [1.29, 1.82) is 0 Å². The van der Waals surface area contributed by atoms with Gasteiger partial charge in [-0.3, -0.25) is 4.79 Å². The van der Waals surface area contributed by atoms with Crippen molar-refractivity contribution >= 4 is 5.91 Å². The van der Waals surface area contributed by atoms with E-state index in [9.17, 15) is 4.79 Å². The van der Waals surface area contributed by atoms with Crippen molar-refractivity contribution in [3.05, 3.63) is 53.6 Å². The molecule has 1 N–H and O–H groups in total. The maximum absolute atomic E-state index is 13.0. The molecule has 0 atom stereocenters. The van der Waals surface area contributed by atoms with Crippen LogP contribution < -0.4 is 19.5 Å². The summed E-state index contributed by atoms with van der Waals surface area (Å²) in [6.07, 6.45) is 1.64. The van der Waals surface area contributed by atoms with E-state index in [4.69, 9.17) is 18.9 Å². The van der Waals surface area contributed by atoms with Gasteiger partial charge in [0.1, 0.15) is 5.75 Å². The summed E-state index contributed by atoms with van der Waals surface area (Å²) in [4.78, 5) is 13.0. The predicted molar refractivity (Wildman–Crippen MR) is 116 cm³/mol. The number of para-hydroxylation sites is 1. The summed E-state index contributed by atoms with van der Waals surface area (Å²) in [5.41, 5.74) is 1.43. The molecule has 6 nitrogen and oxygen atoms in total. The van der Waals surface area contributed by atoms with Crippen LogP contribution in [0.1, 0.15) is 42.6 Å². The Labute approximate surface area is 178 Å². The third-order valence-corrected chi connectivity index (χ3v) is 5.52. The number of hydrogen-bond acceptors (Lipinski definition) is 5. The Morgan fingerprint density at radius 2 is 1.70 bits per heavy atom. The van der Waals surface area contributed by atoms with E-state index in [2.05, 4.69) is 11.4 Å². The molecule has 0 saturated carbocycles. The molecule has 0 aromatic heterocycles. The first-order valence-corrected chi connectivity index (χ1v) is 10.5. The average molecular weight is 414 g/mol. The van der Waals surface area contributed by atoms with Gasteiger partial charge in [0.15, 0.2) is 11.5 Å². The number of nitrogens with one attached hydrogen (secondary N) is 1. The molecule has 0 aliphatic carbocycles. The van der Waals surface area contributed by atoms with Gasteiger partial charge in [0.05, 0.1) is 20.3 Å². The zero-order valence-electron chi connectivity index (χ0n) is 18.0. The van der Waals surface area contributed by atoms with Gasteiger partial charge in [0, 0.05) is 36.3 Å². The monoisotopic (exact) mass is 413 g/mol. The van der Waals surface area contributed by atoms with Crippen LogP contribution in [0.2, 0.25) is 0 Å². The van der Waals surface area contributed by atoms with Gasteiger partial charge in [-0.15, -0.1) is 0 Å². The topological polar surface area (TPSA) is 66.0 Å². The SMILES string of the molecule is CCOc1ccc(C(=O)NCC2(c3ccccc3OC)CCOCC2)cc1OCC. The lowest BCUT2D eigenvalue weighted by Gasteiger charge is -2.38. The van der Waals surface area contributed by atoms with E-state index >= 15 is 0 Å². The number of rotatable bonds is 9. The summed E-state index contributed by atoms with van der Waals surface area (Å²) in [7, 11) is 1.68. The van der Waals surface area contributed by atoms with E-state index in [0.717, 1.165) is 24.2 Å². The highest BCUT2D eigenvalue weighted by Gasteiger charge is 2.37. The van der Waals surface area contributed by atoms with E-state index in [0.29, 0.717) is 50.0 Å². The maximum Gasteiger partial charge on any atom is 0.251 e. The van der Waals surface area contributed by atoms with Crippen LogP contribution in [-0.4, -0.2) is 46.0 Å². The van der Waals surface area contributed by atoms with Crippen LogP contribution in [0.25, 0.3) is 0 Å². The normalized spacial score (nSPS) is 15.3. The molecule has 0 bridgehead atoms. The third kappa shape index (κ3) is 4.87. The molecule has 30 heavy (non-hydrogen) atoms. The Balaban J connectivity index is 1.80. The van der Waals surface area contributed by atoms with Crippen molar-refractivity contribution in [2.45, 2.75) is 32.1 Å². The fourth-order valence-corrected chi connectivity index (χ4v) is 3.93. The number of carbonyl (C=O) groups excluding carboxylic acids is 1. The van der Waals surface area contributed by atoms with Gasteiger partial charge in [0.2, 0.25) is 0 Å². The second-order valence-electron chi connectivity index (χ2n) is 7.30. The van der Waals surface area contributed by atoms with E-state index < -0.39 is 0 Å². The van der Waals surface area contributed by atoms with Crippen LogP contribution in [0.5, 0.6) is 17.2 Å². The van der Waals surface area contributed by atoms with E-state index in [-0.39, 0.29) is 11.3 Å². The van der Waals surface area contributed by atoms with Gasteiger partial charge in [0.25, 0.3) is 5.91 Å². The fourth-order valence-electron chi connectivity index (χ4n) is 3.93. The Hall–Kier alpha value is -2.73. The minimum atomic E-state index is -0.228. The number of hydrogen-bond donors (Lipinski definition) is 1. The van der Waals surface area contributed by atoms with E-state index in [1.54, 1.807) is 25.3 Å². The first-order valence-electron chi connectivity index (χ1n) is 10.5. The molecule has 1 heterocycles. The summed E-state index contributed by atoms with van der Waals surface area (Å²) < 4.78 is 22.5. The molecule has 3 rings (SSSR count). The first-order chi connectivity index (χ1) is 14.6. The molecule has 0 radical (unpaired) electrons. The molecule has 6 heteroatoms. The van der Waals surface area contributed by atoms with Crippen molar-refractivity contribution < 1.29 is 23.7 Å². The van der Waals surface area contributed by atoms with Gasteiger partial charge < -0.3 is 24.3 Å². The molecule has 1 saturated heterocycles. The van der Waals surface area contributed by atoms with E-state index in [1.807, 2.05) is 32.0 Å². The van der Waals surface area contributed by atoms with Gasteiger partial charge in [-0.25, -0.2) is 0 Å². The van der Waals surface area contributed by atoms with Crippen molar-refractivity contribution in [1.82, 2.24) is 5.32 Å². The van der Waals surface area contributed by atoms with Crippen LogP contribution in [-0.2, 0) is 10.2 Å². The van der Waals surface area contributed by atoms with E-state index in [1.165, 1.54) is 0 Å². The quantitative estimate of drug-likeness (QED) is 0.674. The van der Waals surface area contributed by atoms with Crippen LogP contribution in [0.15, 0.2) is 42.5 Å². The molecule has 1 amide bonds. The Morgan fingerprint density at radius 1 is 1.00 bits per heavy atom. The molecule has 1 fully saturated rings. The van der Waals surface area contributed by atoms with Gasteiger partial charge in [-0.05, 0) is 51.0 Å². The summed E-state index contributed by atoms with van der Waals surface area (Å²) in [5.74, 6) is 1.93. The lowest BCUT2D eigenvalue weighted by Crippen LogP contribution is -2.44. The summed E-state index contributed by atoms with van der Waals surface area (Å²) in [6, 6.07) is 13.3. The minimum Gasteiger partial charge on any atom is -0.496 e.